The van der Waals surface area contributed by atoms with E-state index in [9.17, 15) is 0 Å². The normalized spacial score (nSPS) is 17.5. The van der Waals surface area contributed by atoms with Gasteiger partial charge in [-0.3, -0.25) is 0 Å². The van der Waals surface area contributed by atoms with Crippen molar-refractivity contribution in [2.24, 2.45) is 0 Å². The molecule has 0 saturated heterocycles. The first-order chi connectivity index (χ1) is 4.74. The summed E-state index contributed by atoms with van der Waals surface area (Å²) < 4.78 is 0. The Morgan fingerprint density at radius 3 is 2.70 bits per heavy atom. The summed E-state index contributed by atoms with van der Waals surface area (Å²) in [6.45, 7) is 5.79. The smallest absolute Gasteiger partial charge is 0.0608 e. The van der Waals surface area contributed by atoms with E-state index in [-0.39, 0.29) is 0 Å². The van der Waals surface area contributed by atoms with Gasteiger partial charge in [-0.1, -0.05) is 25.7 Å². The number of allylic oxidation sites excluding steroid dienone is 5. The molecule has 0 aromatic rings. The summed E-state index contributed by atoms with van der Waals surface area (Å²) >= 11 is 0. The third-order valence-corrected chi connectivity index (χ3v) is 1.58. The summed E-state index contributed by atoms with van der Waals surface area (Å²) in [5.74, 6) is 0. The van der Waals surface area contributed by atoms with Crippen LogP contribution in [0.5, 0.6) is 0 Å². The number of hydrogen-bond donors (Lipinski definition) is 1. The fourth-order valence-electron chi connectivity index (χ4n) is 0.844. The van der Waals surface area contributed by atoms with Crippen LogP contribution in [-0.4, -0.2) is 5.71 Å². The van der Waals surface area contributed by atoms with Crippen molar-refractivity contribution in [3.05, 3.63) is 36.0 Å². The lowest BCUT2D eigenvalue weighted by Crippen LogP contribution is -1.98. The minimum Gasteiger partial charge on any atom is -0.300 e. The van der Waals surface area contributed by atoms with E-state index in [4.69, 9.17) is 5.41 Å². The molecule has 1 rings (SSSR count). The van der Waals surface area contributed by atoms with Crippen LogP contribution in [0.3, 0.4) is 0 Å². The molecule has 0 amide bonds. The Balaban J connectivity index is 2.86. The third kappa shape index (κ3) is 1.24. The van der Waals surface area contributed by atoms with Crippen LogP contribution in [-0.2, 0) is 0 Å². The molecule has 0 aromatic carbocycles. The average molecular weight is 133 g/mol. The first-order valence-corrected chi connectivity index (χ1v) is 3.40. The fraction of sp³-hybridized carbons (Fsp3) is 0.222. The molecule has 10 heavy (non-hydrogen) atoms. The maximum absolute atomic E-state index is 7.40. The van der Waals surface area contributed by atoms with Gasteiger partial charge < -0.3 is 5.41 Å². The molecule has 0 bridgehead atoms. The number of rotatable bonds is 1. The van der Waals surface area contributed by atoms with Gasteiger partial charge in [0.1, 0.15) is 0 Å². The lowest BCUT2D eigenvalue weighted by molar-refractivity contribution is 1.15. The summed E-state index contributed by atoms with van der Waals surface area (Å²) in [4.78, 5) is 0. The van der Waals surface area contributed by atoms with Crippen molar-refractivity contribution in [2.75, 3.05) is 0 Å². The van der Waals surface area contributed by atoms with Gasteiger partial charge in [-0.25, -0.2) is 0 Å². The van der Waals surface area contributed by atoms with E-state index < -0.39 is 0 Å². The second-order valence-electron chi connectivity index (χ2n) is 2.35. The molecule has 0 unspecified atom stereocenters. The van der Waals surface area contributed by atoms with Gasteiger partial charge >= 0.3 is 0 Å². The van der Waals surface area contributed by atoms with Gasteiger partial charge in [0.25, 0.3) is 0 Å². The zero-order valence-electron chi connectivity index (χ0n) is 6.15. The molecule has 1 heteroatoms. The number of nitrogens with one attached hydrogen (secondary N) is 1. The van der Waals surface area contributed by atoms with Crippen molar-refractivity contribution in [1.29, 1.82) is 5.41 Å². The molecule has 0 saturated carbocycles. The minimum absolute atomic E-state index is 0.541. The van der Waals surface area contributed by atoms with Crippen LogP contribution in [0.15, 0.2) is 36.0 Å². The highest BCUT2D eigenvalue weighted by molar-refractivity contribution is 6.09. The second-order valence-corrected chi connectivity index (χ2v) is 2.35. The van der Waals surface area contributed by atoms with E-state index in [2.05, 4.69) is 13.5 Å². The van der Waals surface area contributed by atoms with Gasteiger partial charge in [0, 0.05) is 0 Å². The lowest BCUT2D eigenvalue weighted by Gasteiger charge is -2.06. The first kappa shape index (κ1) is 7.00. The van der Waals surface area contributed by atoms with Crippen LogP contribution in [0.2, 0.25) is 0 Å². The van der Waals surface area contributed by atoms with Gasteiger partial charge in [-0.2, -0.15) is 0 Å². The Labute approximate surface area is 61.3 Å². The SMILES string of the molecule is C=C1C=CC(CC)=CC1=N. The van der Waals surface area contributed by atoms with Crippen LogP contribution in [0, 0.1) is 5.41 Å². The fourth-order valence-corrected chi connectivity index (χ4v) is 0.844. The highest BCUT2D eigenvalue weighted by Crippen LogP contribution is 2.12. The molecule has 52 valence electrons. The van der Waals surface area contributed by atoms with Crippen molar-refractivity contribution in [1.82, 2.24) is 0 Å². The van der Waals surface area contributed by atoms with Crippen molar-refractivity contribution < 1.29 is 0 Å². The molecule has 0 radical (unpaired) electrons. The van der Waals surface area contributed by atoms with Crippen LogP contribution in [0.25, 0.3) is 0 Å². The van der Waals surface area contributed by atoms with E-state index in [1.807, 2.05) is 18.2 Å². The van der Waals surface area contributed by atoms with Crippen molar-refractivity contribution in [3.8, 4) is 0 Å². The molecule has 0 spiro atoms. The largest absolute Gasteiger partial charge is 0.300 e. The highest BCUT2D eigenvalue weighted by Gasteiger charge is 2.01. The zero-order valence-corrected chi connectivity index (χ0v) is 6.15. The predicted molar refractivity (Wildman–Crippen MR) is 44.4 cm³/mol. The van der Waals surface area contributed by atoms with Crippen LogP contribution >= 0.6 is 0 Å². The van der Waals surface area contributed by atoms with Crippen LogP contribution < -0.4 is 0 Å². The quantitative estimate of drug-likeness (QED) is 0.568. The highest BCUT2D eigenvalue weighted by atomic mass is 14.4. The topological polar surface area (TPSA) is 23.9 Å². The van der Waals surface area contributed by atoms with E-state index in [1.165, 1.54) is 5.57 Å². The molecule has 1 nitrogen and oxygen atoms in total. The Morgan fingerprint density at radius 2 is 2.20 bits per heavy atom. The average Bonchev–Trinajstić information content (AvgIpc) is 1.95. The van der Waals surface area contributed by atoms with E-state index in [0.717, 1.165) is 12.0 Å². The van der Waals surface area contributed by atoms with E-state index >= 15 is 0 Å². The van der Waals surface area contributed by atoms with Gasteiger partial charge in [0.15, 0.2) is 0 Å². The molecule has 0 heterocycles. The lowest BCUT2D eigenvalue weighted by atomic mass is 10.0. The number of hydrogen-bond acceptors (Lipinski definition) is 1. The van der Waals surface area contributed by atoms with Gasteiger partial charge in [-0.15, -0.1) is 0 Å². The van der Waals surface area contributed by atoms with E-state index in [1.54, 1.807) is 0 Å². The van der Waals surface area contributed by atoms with Gasteiger partial charge in [-0.05, 0) is 23.6 Å². The Morgan fingerprint density at radius 1 is 1.50 bits per heavy atom. The van der Waals surface area contributed by atoms with Crippen molar-refractivity contribution in [2.45, 2.75) is 13.3 Å². The molecule has 0 fully saturated rings. The summed E-state index contributed by atoms with van der Waals surface area (Å²) in [5, 5.41) is 7.40. The van der Waals surface area contributed by atoms with E-state index in [0.29, 0.717) is 5.71 Å². The molecule has 0 atom stereocenters. The monoisotopic (exact) mass is 133 g/mol. The molecule has 1 aliphatic rings. The molecular formula is C9H11N. The second kappa shape index (κ2) is 2.65. The van der Waals surface area contributed by atoms with Crippen molar-refractivity contribution >= 4 is 5.71 Å². The minimum atomic E-state index is 0.541. The molecular weight excluding hydrogens is 122 g/mol. The molecule has 0 aliphatic heterocycles. The Bertz CT molecular complexity index is 231. The first-order valence-electron chi connectivity index (χ1n) is 3.40. The summed E-state index contributed by atoms with van der Waals surface area (Å²) in [7, 11) is 0. The maximum Gasteiger partial charge on any atom is 0.0608 e. The van der Waals surface area contributed by atoms with Crippen LogP contribution in [0.1, 0.15) is 13.3 Å². The summed E-state index contributed by atoms with van der Waals surface area (Å²) in [5.41, 5.74) is 2.55. The Hall–Kier alpha value is -1.11. The van der Waals surface area contributed by atoms with Gasteiger partial charge in [0.2, 0.25) is 0 Å². The maximum atomic E-state index is 7.40. The van der Waals surface area contributed by atoms with Crippen molar-refractivity contribution in [3.63, 3.8) is 0 Å². The predicted octanol–water partition coefficient (Wildman–Crippen LogP) is 2.47. The summed E-state index contributed by atoms with van der Waals surface area (Å²) in [6.07, 6.45) is 6.76. The third-order valence-electron chi connectivity index (χ3n) is 1.58. The van der Waals surface area contributed by atoms with Crippen LogP contribution in [0.4, 0.5) is 0 Å². The molecule has 1 aliphatic carbocycles. The Kier molecular flexibility index (Phi) is 1.86. The standard InChI is InChI=1S/C9H11N/c1-3-8-5-4-7(2)9(10)6-8/h4-6,10H,2-3H2,1H3. The summed E-state index contributed by atoms with van der Waals surface area (Å²) in [6, 6.07) is 0. The zero-order chi connectivity index (χ0) is 7.56. The molecule has 1 N–H and O–H groups in total. The van der Waals surface area contributed by atoms with Gasteiger partial charge in [0.05, 0.1) is 5.71 Å². The molecule has 0 aromatic heterocycles.